The lowest BCUT2D eigenvalue weighted by atomic mass is 9.98. The molecule has 0 bridgehead atoms. The van der Waals surface area contributed by atoms with Gasteiger partial charge in [0.05, 0.1) is 13.0 Å². The average molecular weight is 474 g/mol. The fourth-order valence-electron chi connectivity index (χ4n) is 4.67. The number of nitrogens with one attached hydrogen (secondary N) is 1. The fraction of sp³-hybridized carbons (Fsp3) is 0.414. The van der Waals surface area contributed by atoms with Crippen LogP contribution in [0.25, 0.3) is 11.4 Å². The van der Waals surface area contributed by atoms with Crippen LogP contribution in [0.1, 0.15) is 60.9 Å². The molecule has 2 N–H and O–H groups in total. The Labute approximate surface area is 207 Å². The number of ether oxygens (including phenoxy) is 1. The normalized spacial score (nSPS) is 14.6. The topological polar surface area (TPSA) is 84.3 Å². The van der Waals surface area contributed by atoms with E-state index in [1.54, 1.807) is 0 Å². The third-order valence-corrected chi connectivity index (χ3v) is 6.62. The van der Waals surface area contributed by atoms with Crippen LogP contribution in [0.5, 0.6) is 5.75 Å². The Balaban J connectivity index is 1.12. The highest BCUT2D eigenvalue weighted by molar-refractivity contribution is 5.68. The Morgan fingerprint density at radius 3 is 2.74 bits per heavy atom. The second-order valence-corrected chi connectivity index (χ2v) is 9.17. The number of rotatable bonds is 13. The van der Waals surface area contributed by atoms with Gasteiger partial charge < -0.3 is 15.2 Å². The van der Waals surface area contributed by atoms with Crippen molar-refractivity contribution in [1.82, 2.24) is 15.3 Å². The molecule has 0 radical (unpaired) electrons. The van der Waals surface area contributed by atoms with Crippen molar-refractivity contribution in [2.24, 2.45) is 0 Å². The molecule has 0 saturated heterocycles. The monoisotopic (exact) mass is 473 g/mol. The molecular formula is C29H35N3O3. The first-order valence-corrected chi connectivity index (χ1v) is 12.7. The SMILES string of the molecule is CCc1ccc(-c2nccc(CCCNCCCOc3ccc4c(c3)CC[C@H]4CC(=O)O)n2)cc1. The Kier molecular flexibility index (Phi) is 8.85. The molecule has 2 aromatic carbocycles. The highest BCUT2D eigenvalue weighted by atomic mass is 16.5. The minimum atomic E-state index is -0.727. The van der Waals surface area contributed by atoms with Gasteiger partial charge in [0.25, 0.3) is 0 Å². The molecule has 1 heterocycles. The number of carboxylic acids is 1. The quantitative estimate of drug-likeness (QED) is 0.332. The molecule has 6 heteroatoms. The average Bonchev–Trinajstić information content (AvgIpc) is 3.27. The van der Waals surface area contributed by atoms with Crippen LogP contribution >= 0.6 is 0 Å². The van der Waals surface area contributed by atoms with E-state index in [-0.39, 0.29) is 12.3 Å². The zero-order valence-corrected chi connectivity index (χ0v) is 20.5. The largest absolute Gasteiger partial charge is 0.494 e. The molecule has 35 heavy (non-hydrogen) atoms. The zero-order chi connectivity index (χ0) is 24.5. The van der Waals surface area contributed by atoms with Gasteiger partial charge in [-0.2, -0.15) is 0 Å². The summed E-state index contributed by atoms with van der Waals surface area (Å²) < 4.78 is 5.92. The maximum atomic E-state index is 11.0. The number of aromatic nitrogens is 2. The highest BCUT2D eigenvalue weighted by Crippen LogP contribution is 2.37. The first kappa shape index (κ1) is 24.9. The van der Waals surface area contributed by atoms with Crippen LogP contribution < -0.4 is 10.1 Å². The summed E-state index contributed by atoms with van der Waals surface area (Å²) in [7, 11) is 0. The molecule has 0 spiro atoms. The third kappa shape index (κ3) is 7.12. The number of hydrogen-bond donors (Lipinski definition) is 2. The van der Waals surface area contributed by atoms with Gasteiger partial charge in [-0.15, -0.1) is 0 Å². The van der Waals surface area contributed by atoms with E-state index in [1.807, 2.05) is 24.4 Å². The van der Waals surface area contributed by atoms with Gasteiger partial charge in [-0.25, -0.2) is 9.97 Å². The van der Waals surface area contributed by atoms with Crippen LogP contribution in [0.15, 0.2) is 54.7 Å². The lowest BCUT2D eigenvalue weighted by molar-refractivity contribution is -0.137. The van der Waals surface area contributed by atoms with Crippen LogP contribution in [0, 0.1) is 0 Å². The van der Waals surface area contributed by atoms with Crippen molar-refractivity contribution in [2.45, 2.75) is 57.8 Å². The van der Waals surface area contributed by atoms with E-state index >= 15 is 0 Å². The molecule has 0 fully saturated rings. The molecule has 1 aromatic heterocycles. The van der Waals surface area contributed by atoms with Crippen LogP contribution in [-0.4, -0.2) is 40.7 Å². The van der Waals surface area contributed by atoms with Crippen molar-refractivity contribution < 1.29 is 14.6 Å². The van der Waals surface area contributed by atoms with E-state index in [0.29, 0.717) is 6.61 Å². The van der Waals surface area contributed by atoms with Gasteiger partial charge >= 0.3 is 5.97 Å². The van der Waals surface area contributed by atoms with Crippen molar-refractivity contribution in [1.29, 1.82) is 0 Å². The predicted octanol–water partition coefficient (Wildman–Crippen LogP) is 5.20. The maximum Gasteiger partial charge on any atom is 0.303 e. The van der Waals surface area contributed by atoms with Gasteiger partial charge in [-0.05, 0) is 92.4 Å². The fourth-order valence-corrected chi connectivity index (χ4v) is 4.67. The van der Waals surface area contributed by atoms with E-state index in [4.69, 9.17) is 14.8 Å². The van der Waals surface area contributed by atoms with Crippen LogP contribution in [0.3, 0.4) is 0 Å². The smallest absolute Gasteiger partial charge is 0.303 e. The summed E-state index contributed by atoms with van der Waals surface area (Å²) in [6, 6.07) is 16.6. The van der Waals surface area contributed by atoms with Gasteiger partial charge in [-0.3, -0.25) is 4.79 Å². The van der Waals surface area contributed by atoms with E-state index < -0.39 is 5.97 Å². The zero-order valence-electron chi connectivity index (χ0n) is 20.5. The summed E-state index contributed by atoms with van der Waals surface area (Å²) in [5.41, 5.74) is 5.86. The maximum absolute atomic E-state index is 11.0. The van der Waals surface area contributed by atoms with Crippen molar-refractivity contribution in [3.05, 3.63) is 77.1 Å². The number of hydrogen-bond acceptors (Lipinski definition) is 5. The standard InChI is InChI=1S/C29H35N3O3/c1-2-21-6-8-22(9-7-21)29-31-17-14-25(32-29)5-3-15-30-16-4-18-35-26-12-13-27-23(19-26)10-11-24(27)20-28(33)34/h6-9,12-14,17,19,24,30H,2-5,10-11,15-16,18,20H2,1H3,(H,33,34)/t24-/m0/s1. The molecule has 0 amide bonds. The summed E-state index contributed by atoms with van der Waals surface area (Å²) in [6.45, 7) is 4.66. The lowest BCUT2D eigenvalue weighted by Gasteiger charge is -2.11. The Bertz CT molecular complexity index is 1110. The van der Waals surface area contributed by atoms with Crippen molar-refractivity contribution in [3.8, 4) is 17.1 Å². The van der Waals surface area contributed by atoms with Gasteiger partial charge in [0.2, 0.25) is 0 Å². The summed E-state index contributed by atoms with van der Waals surface area (Å²) in [5, 5.41) is 12.6. The first-order chi connectivity index (χ1) is 17.1. The van der Waals surface area contributed by atoms with Gasteiger partial charge in [0.15, 0.2) is 5.82 Å². The molecule has 0 aliphatic heterocycles. The number of carbonyl (C=O) groups is 1. The van der Waals surface area contributed by atoms with Gasteiger partial charge in [-0.1, -0.05) is 37.3 Å². The van der Waals surface area contributed by atoms with Gasteiger partial charge in [0, 0.05) is 17.5 Å². The molecule has 3 aromatic rings. The highest BCUT2D eigenvalue weighted by Gasteiger charge is 2.24. The minimum Gasteiger partial charge on any atom is -0.494 e. The summed E-state index contributed by atoms with van der Waals surface area (Å²) in [4.78, 5) is 20.2. The third-order valence-electron chi connectivity index (χ3n) is 6.62. The van der Waals surface area contributed by atoms with E-state index in [1.165, 1.54) is 16.7 Å². The Morgan fingerprint density at radius 2 is 1.94 bits per heavy atom. The summed E-state index contributed by atoms with van der Waals surface area (Å²) >= 11 is 0. The molecule has 1 atom stereocenters. The minimum absolute atomic E-state index is 0.141. The number of aliphatic carboxylic acids is 1. The summed E-state index contributed by atoms with van der Waals surface area (Å²) in [5.74, 6) is 1.08. The summed E-state index contributed by atoms with van der Waals surface area (Å²) in [6.07, 6.45) is 7.82. The van der Waals surface area contributed by atoms with Crippen LogP contribution in [0.2, 0.25) is 0 Å². The molecule has 1 aliphatic carbocycles. The molecular weight excluding hydrogens is 438 g/mol. The van der Waals surface area contributed by atoms with Crippen molar-refractivity contribution >= 4 is 5.97 Å². The van der Waals surface area contributed by atoms with Crippen LogP contribution in [0.4, 0.5) is 0 Å². The molecule has 4 rings (SSSR count). The number of carboxylic acid groups (broad SMARTS) is 1. The molecule has 184 valence electrons. The second kappa shape index (κ2) is 12.5. The molecule has 0 unspecified atom stereocenters. The number of aryl methyl sites for hydroxylation is 3. The molecule has 6 nitrogen and oxygen atoms in total. The van der Waals surface area contributed by atoms with Crippen molar-refractivity contribution in [2.75, 3.05) is 19.7 Å². The lowest BCUT2D eigenvalue weighted by Crippen LogP contribution is -2.19. The van der Waals surface area contributed by atoms with E-state index in [0.717, 1.165) is 74.4 Å². The van der Waals surface area contributed by atoms with E-state index in [2.05, 4.69) is 47.6 Å². The molecule has 1 aliphatic rings. The Morgan fingerprint density at radius 1 is 1.11 bits per heavy atom. The van der Waals surface area contributed by atoms with Crippen LogP contribution in [-0.2, 0) is 24.1 Å². The first-order valence-electron chi connectivity index (χ1n) is 12.7. The number of benzene rings is 2. The van der Waals surface area contributed by atoms with E-state index in [9.17, 15) is 4.79 Å². The van der Waals surface area contributed by atoms with Gasteiger partial charge in [0.1, 0.15) is 5.75 Å². The number of nitrogens with zero attached hydrogens (tertiary/aromatic N) is 2. The Hall–Kier alpha value is -3.25. The second-order valence-electron chi connectivity index (χ2n) is 9.17. The molecule has 0 saturated carbocycles. The number of fused-ring (bicyclic) bond motifs is 1. The van der Waals surface area contributed by atoms with Crippen molar-refractivity contribution in [3.63, 3.8) is 0 Å². The predicted molar refractivity (Wildman–Crippen MR) is 138 cm³/mol.